The topological polar surface area (TPSA) is 57.6 Å². The molecule has 1 saturated carbocycles. The molecular formula is C17H19Cl2NO3. The van der Waals surface area contributed by atoms with Gasteiger partial charge in [0.1, 0.15) is 0 Å². The third-order valence-corrected chi connectivity index (χ3v) is 5.95. The van der Waals surface area contributed by atoms with Crippen LogP contribution in [-0.2, 0) is 16.0 Å². The van der Waals surface area contributed by atoms with Gasteiger partial charge in [-0.2, -0.15) is 0 Å². The number of likely N-dealkylation sites (tertiary alicyclic amines) is 1. The molecule has 1 spiro atoms. The van der Waals surface area contributed by atoms with E-state index in [1.54, 1.807) is 12.1 Å². The summed E-state index contributed by atoms with van der Waals surface area (Å²) >= 11 is 11.9. The lowest BCUT2D eigenvalue weighted by Gasteiger charge is -2.32. The highest BCUT2D eigenvalue weighted by Crippen LogP contribution is 2.59. The first kappa shape index (κ1) is 16.6. The molecule has 1 amide bonds. The number of carbonyl (C=O) groups excluding carboxylic acids is 1. The monoisotopic (exact) mass is 355 g/mol. The fourth-order valence-electron chi connectivity index (χ4n) is 3.56. The molecule has 0 aromatic heterocycles. The van der Waals surface area contributed by atoms with Gasteiger partial charge in [-0.25, -0.2) is 0 Å². The molecule has 1 unspecified atom stereocenters. The molecule has 1 aromatic rings. The molecule has 1 N–H and O–H groups in total. The first-order chi connectivity index (χ1) is 10.9. The van der Waals surface area contributed by atoms with Crippen LogP contribution in [0.5, 0.6) is 0 Å². The lowest BCUT2D eigenvalue weighted by atomic mass is 9.90. The number of aliphatic carboxylic acids is 1. The predicted octanol–water partition coefficient (Wildman–Crippen LogP) is 3.64. The number of carbonyl (C=O) groups is 2. The first-order valence-electron chi connectivity index (χ1n) is 7.86. The van der Waals surface area contributed by atoms with E-state index >= 15 is 0 Å². The van der Waals surface area contributed by atoms with Gasteiger partial charge in [0.05, 0.1) is 16.0 Å². The zero-order valence-corrected chi connectivity index (χ0v) is 14.2. The van der Waals surface area contributed by atoms with Crippen LogP contribution in [0.2, 0.25) is 10.0 Å². The zero-order valence-electron chi connectivity index (χ0n) is 12.7. The van der Waals surface area contributed by atoms with Crippen molar-refractivity contribution in [1.82, 2.24) is 4.90 Å². The average molecular weight is 356 g/mol. The van der Waals surface area contributed by atoms with Gasteiger partial charge in [0.2, 0.25) is 5.91 Å². The van der Waals surface area contributed by atoms with Crippen LogP contribution >= 0.6 is 23.2 Å². The molecule has 23 heavy (non-hydrogen) atoms. The summed E-state index contributed by atoms with van der Waals surface area (Å²) in [5.41, 5.74) is 0.959. The molecule has 1 atom stereocenters. The van der Waals surface area contributed by atoms with Gasteiger partial charge in [0.25, 0.3) is 0 Å². The van der Waals surface area contributed by atoms with Crippen molar-refractivity contribution in [2.24, 2.45) is 11.3 Å². The third kappa shape index (κ3) is 3.48. The van der Waals surface area contributed by atoms with Gasteiger partial charge in [-0.05, 0) is 48.8 Å². The zero-order chi connectivity index (χ0) is 16.6. The molecule has 1 aliphatic heterocycles. The van der Waals surface area contributed by atoms with Crippen molar-refractivity contribution in [3.63, 3.8) is 0 Å². The van der Waals surface area contributed by atoms with E-state index in [2.05, 4.69) is 0 Å². The maximum atomic E-state index is 12.3. The number of piperidine rings is 1. The minimum Gasteiger partial charge on any atom is -0.481 e. The van der Waals surface area contributed by atoms with Crippen molar-refractivity contribution in [3.8, 4) is 0 Å². The number of hydrogen-bond donors (Lipinski definition) is 1. The number of benzene rings is 1. The third-order valence-electron chi connectivity index (χ3n) is 5.21. The van der Waals surface area contributed by atoms with Gasteiger partial charge < -0.3 is 10.0 Å². The Kier molecular flexibility index (Phi) is 4.56. The van der Waals surface area contributed by atoms with Crippen molar-refractivity contribution >= 4 is 35.1 Å². The fourth-order valence-corrected chi connectivity index (χ4v) is 3.88. The minimum absolute atomic E-state index is 0.0354. The van der Waals surface area contributed by atoms with Gasteiger partial charge in [0.15, 0.2) is 0 Å². The summed E-state index contributed by atoms with van der Waals surface area (Å²) in [6, 6.07) is 5.42. The van der Waals surface area contributed by atoms with Crippen LogP contribution in [0.15, 0.2) is 18.2 Å². The fraction of sp³-hybridized carbons (Fsp3) is 0.529. The summed E-state index contributed by atoms with van der Waals surface area (Å²) < 4.78 is 0. The van der Waals surface area contributed by atoms with Crippen LogP contribution in [0.25, 0.3) is 0 Å². The Morgan fingerprint density at radius 3 is 2.48 bits per heavy atom. The molecule has 2 fully saturated rings. The molecule has 2 aliphatic rings. The lowest BCUT2D eigenvalue weighted by molar-refractivity contribution is -0.139. The van der Waals surface area contributed by atoms with E-state index in [-0.39, 0.29) is 17.2 Å². The van der Waals surface area contributed by atoms with Crippen LogP contribution < -0.4 is 0 Å². The van der Waals surface area contributed by atoms with E-state index < -0.39 is 5.97 Å². The Balaban J connectivity index is 1.48. The number of hydrogen-bond acceptors (Lipinski definition) is 2. The summed E-state index contributed by atoms with van der Waals surface area (Å²) in [5, 5.41) is 10.1. The second-order valence-electron chi connectivity index (χ2n) is 6.59. The van der Waals surface area contributed by atoms with E-state index in [4.69, 9.17) is 28.3 Å². The Labute approximate surface area is 145 Å². The highest BCUT2D eigenvalue weighted by Gasteiger charge is 2.59. The van der Waals surface area contributed by atoms with Gasteiger partial charge in [-0.3, -0.25) is 9.59 Å². The maximum Gasteiger partial charge on any atom is 0.307 e. The Hall–Kier alpha value is -1.26. The van der Waals surface area contributed by atoms with Crippen LogP contribution in [0.3, 0.4) is 0 Å². The van der Waals surface area contributed by atoms with E-state index in [0.29, 0.717) is 36.0 Å². The number of halogens is 2. The molecule has 3 rings (SSSR count). The smallest absolute Gasteiger partial charge is 0.307 e. The lowest BCUT2D eigenvalue weighted by Crippen LogP contribution is -2.40. The van der Waals surface area contributed by atoms with Gasteiger partial charge in [-0.1, -0.05) is 29.3 Å². The van der Waals surface area contributed by atoms with Gasteiger partial charge in [-0.15, -0.1) is 0 Å². The molecule has 0 radical (unpaired) electrons. The average Bonchev–Trinajstić information content (AvgIpc) is 3.23. The van der Waals surface area contributed by atoms with Crippen LogP contribution in [0, 0.1) is 11.3 Å². The van der Waals surface area contributed by atoms with Crippen molar-refractivity contribution in [3.05, 3.63) is 33.8 Å². The minimum atomic E-state index is -0.690. The second kappa shape index (κ2) is 6.33. The summed E-state index contributed by atoms with van der Waals surface area (Å²) in [4.78, 5) is 25.2. The number of rotatable bonds is 4. The number of nitrogens with zero attached hydrogens (tertiary/aromatic N) is 1. The highest BCUT2D eigenvalue weighted by molar-refractivity contribution is 6.42. The molecule has 1 saturated heterocycles. The normalized spacial score (nSPS) is 22.2. The number of amides is 1. The van der Waals surface area contributed by atoms with E-state index in [1.165, 1.54) is 0 Å². The van der Waals surface area contributed by atoms with E-state index in [0.717, 1.165) is 24.8 Å². The molecule has 4 nitrogen and oxygen atoms in total. The van der Waals surface area contributed by atoms with Crippen LogP contribution in [-0.4, -0.2) is 35.0 Å². The highest BCUT2D eigenvalue weighted by atomic mass is 35.5. The first-order valence-corrected chi connectivity index (χ1v) is 8.61. The van der Waals surface area contributed by atoms with E-state index in [1.807, 2.05) is 11.0 Å². The number of carboxylic acids is 1. The Morgan fingerprint density at radius 2 is 1.91 bits per heavy atom. The van der Waals surface area contributed by atoms with Crippen LogP contribution in [0.4, 0.5) is 0 Å². The molecular weight excluding hydrogens is 337 g/mol. The van der Waals surface area contributed by atoms with E-state index in [9.17, 15) is 9.59 Å². The molecule has 0 bridgehead atoms. The molecule has 124 valence electrons. The SMILES string of the molecule is O=C(O)C1CC12CCN(C(=O)CCc1ccc(Cl)c(Cl)c1)CC2. The van der Waals surface area contributed by atoms with Crippen molar-refractivity contribution < 1.29 is 14.7 Å². The summed E-state index contributed by atoms with van der Waals surface area (Å²) in [7, 11) is 0. The van der Waals surface area contributed by atoms with Crippen molar-refractivity contribution in [2.75, 3.05) is 13.1 Å². The molecule has 1 heterocycles. The number of aryl methyl sites for hydroxylation is 1. The molecule has 1 aromatic carbocycles. The molecule has 1 aliphatic carbocycles. The van der Waals surface area contributed by atoms with Gasteiger partial charge >= 0.3 is 5.97 Å². The van der Waals surface area contributed by atoms with Crippen molar-refractivity contribution in [2.45, 2.75) is 32.1 Å². The largest absolute Gasteiger partial charge is 0.481 e. The summed E-state index contributed by atoms with van der Waals surface area (Å²) in [6.07, 6.45) is 3.46. The second-order valence-corrected chi connectivity index (χ2v) is 7.40. The Bertz CT molecular complexity index is 639. The van der Waals surface area contributed by atoms with Crippen LogP contribution in [0.1, 0.15) is 31.2 Å². The number of carboxylic acid groups (broad SMARTS) is 1. The summed E-state index contributed by atoms with van der Waals surface area (Å²) in [5.74, 6) is -0.765. The van der Waals surface area contributed by atoms with Gasteiger partial charge in [0, 0.05) is 19.5 Å². The predicted molar refractivity (Wildman–Crippen MR) is 88.8 cm³/mol. The summed E-state index contributed by atoms with van der Waals surface area (Å²) in [6.45, 7) is 1.34. The maximum absolute atomic E-state index is 12.3. The Morgan fingerprint density at radius 1 is 1.22 bits per heavy atom. The standard InChI is InChI=1S/C17H19Cl2NO3/c18-13-3-1-11(9-14(13)19)2-4-15(21)20-7-5-17(6-8-20)10-12(17)16(22)23/h1,3,9,12H,2,4-8,10H2,(H,22,23). The quantitative estimate of drug-likeness (QED) is 0.896. The van der Waals surface area contributed by atoms with Crippen molar-refractivity contribution in [1.29, 1.82) is 0 Å². The molecule has 6 heteroatoms.